The van der Waals surface area contributed by atoms with Gasteiger partial charge in [-0.1, -0.05) is 37.3 Å². The van der Waals surface area contributed by atoms with Gasteiger partial charge in [0.2, 0.25) is 0 Å². The van der Waals surface area contributed by atoms with Crippen LogP contribution in [0.25, 0.3) is 0 Å². The van der Waals surface area contributed by atoms with E-state index in [1.165, 1.54) is 0 Å². The largest absolute Gasteiger partial charge is 0.479 e. The lowest BCUT2D eigenvalue weighted by atomic mass is 9.98. The van der Waals surface area contributed by atoms with Crippen molar-refractivity contribution >= 4 is 5.97 Å². The normalized spacial score (nSPS) is 33.4. The van der Waals surface area contributed by atoms with Crippen molar-refractivity contribution in [1.82, 2.24) is 0 Å². The fraction of sp³-hybridized carbons (Fsp3) is 0.533. The summed E-state index contributed by atoms with van der Waals surface area (Å²) in [6.45, 7) is 2.07. The second kappa shape index (κ2) is 7.17. The van der Waals surface area contributed by atoms with Gasteiger partial charge in [-0.3, -0.25) is 0 Å². The molecule has 1 saturated heterocycles. The molecule has 0 spiro atoms. The number of aliphatic hydroxyl groups is 3. The fourth-order valence-electron chi connectivity index (χ4n) is 2.31. The molecule has 0 amide bonds. The van der Waals surface area contributed by atoms with Gasteiger partial charge in [0.1, 0.15) is 18.3 Å². The molecule has 7 heteroatoms. The molecule has 1 aromatic rings. The van der Waals surface area contributed by atoms with Gasteiger partial charge in [-0.15, -0.1) is 0 Å². The van der Waals surface area contributed by atoms with Crippen molar-refractivity contribution in [2.45, 2.75) is 43.5 Å². The summed E-state index contributed by atoms with van der Waals surface area (Å²) in [5, 5.41) is 38.1. The Bertz CT molecular complexity index is 492. The highest BCUT2D eigenvalue weighted by Gasteiger charge is 2.47. The van der Waals surface area contributed by atoms with E-state index >= 15 is 0 Å². The Hall–Kier alpha value is -1.51. The van der Waals surface area contributed by atoms with E-state index in [4.69, 9.17) is 14.6 Å². The van der Waals surface area contributed by atoms with Crippen LogP contribution in [0.3, 0.4) is 0 Å². The quantitative estimate of drug-likeness (QED) is 0.590. The van der Waals surface area contributed by atoms with Crippen LogP contribution < -0.4 is 0 Å². The minimum absolute atomic E-state index is 0.00993. The molecule has 1 aromatic carbocycles. The topological polar surface area (TPSA) is 116 Å². The van der Waals surface area contributed by atoms with Gasteiger partial charge in [0.25, 0.3) is 0 Å². The van der Waals surface area contributed by atoms with Gasteiger partial charge >= 0.3 is 5.97 Å². The van der Waals surface area contributed by atoms with Crippen LogP contribution in [0, 0.1) is 0 Å². The first-order valence-corrected chi connectivity index (χ1v) is 7.01. The van der Waals surface area contributed by atoms with Crippen LogP contribution >= 0.6 is 0 Å². The Morgan fingerprint density at radius 3 is 2.41 bits per heavy atom. The van der Waals surface area contributed by atoms with Crippen LogP contribution in [0.5, 0.6) is 0 Å². The Kier molecular flexibility index (Phi) is 5.49. The summed E-state index contributed by atoms with van der Waals surface area (Å²) in [7, 11) is 0. The number of hydrogen-bond donors (Lipinski definition) is 4. The number of ether oxygens (including phenoxy) is 2. The van der Waals surface area contributed by atoms with E-state index in [1.807, 2.05) is 37.3 Å². The molecule has 0 saturated carbocycles. The van der Waals surface area contributed by atoms with Crippen molar-refractivity contribution in [2.75, 3.05) is 6.61 Å². The second-order valence-corrected chi connectivity index (χ2v) is 5.38. The van der Waals surface area contributed by atoms with Crippen LogP contribution in [0.1, 0.15) is 18.4 Å². The molecule has 1 aliphatic rings. The van der Waals surface area contributed by atoms with Crippen molar-refractivity contribution < 1.29 is 34.7 Å². The number of rotatable bonds is 5. The predicted octanol–water partition coefficient (Wildman–Crippen LogP) is -0.301. The third-order valence-corrected chi connectivity index (χ3v) is 3.69. The number of hydrogen-bond acceptors (Lipinski definition) is 6. The van der Waals surface area contributed by atoms with Gasteiger partial charge in [-0.2, -0.15) is 0 Å². The molecule has 0 radical (unpaired) electrons. The van der Waals surface area contributed by atoms with Crippen molar-refractivity contribution in [1.29, 1.82) is 0 Å². The molecule has 1 unspecified atom stereocenters. The first kappa shape index (κ1) is 16.9. The molecule has 7 nitrogen and oxygen atoms in total. The monoisotopic (exact) mass is 312 g/mol. The second-order valence-electron chi connectivity index (χ2n) is 5.38. The molecule has 2 rings (SSSR count). The number of benzene rings is 1. The summed E-state index contributed by atoms with van der Waals surface area (Å²) in [5.74, 6) is -1.44. The maximum atomic E-state index is 11.0. The van der Waals surface area contributed by atoms with Crippen LogP contribution in [0.4, 0.5) is 0 Å². The van der Waals surface area contributed by atoms with Crippen molar-refractivity contribution in [3.05, 3.63) is 35.9 Å². The Labute approximate surface area is 127 Å². The highest BCUT2D eigenvalue weighted by molar-refractivity contribution is 5.73. The van der Waals surface area contributed by atoms with E-state index in [0.717, 1.165) is 5.56 Å². The van der Waals surface area contributed by atoms with Gasteiger partial charge in [0.05, 0.1) is 6.61 Å². The first-order chi connectivity index (χ1) is 10.4. The highest BCUT2D eigenvalue weighted by Crippen LogP contribution is 2.24. The molecule has 1 aliphatic heterocycles. The molecular weight excluding hydrogens is 292 g/mol. The predicted molar refractivity (Wildman–Crippen MR) is 75.1 cm³/mol. The molecule has 1 fully saturated rings. The zero-order valence-electron chi connectivity index (χ0n) is 12.1. The molecule has 0 aliphatic carbocycles. The van der Waals surface area contributed by atoms with Gasteiger partial charge in [0.15, 0.2) is 12.4 Å². The zero-order chi connectivity index (χ0) is 16.3. The molecule has 4 N–H and O–H groups in total. The summed E-state index contributed by atoms with van der Waals surface area (Å²) < 4.78 is 10.5. The highest BCUT2D eigenvalue weighted by atomic mass is 16.7. The minimum Gasteiger partial charge on any atom is -0.479 e. The maximum absolute atomic E-state index is 11.0. The van der Waals surface area contributed by atoms with Crippen LogP contribution in [0.2, 0.25) is 0 Å². The molecule has 6 atom stereocenters. The SMILES string of the molecule is CC(CO[C@@H]1O[C@H](C(=O)O)[C@@H](O)[C@H](O)[C@H]1O)c1ccccc1. The lowest BCUT2D eigenvalue weighted by molar-refractivity contribution is -0.294. The van der Waals surface area contributed by atoms with E-state index in [-0.39, 0.29) is 12.5 Å². The Balaban J connectivity index is 1.98. The van der Waals surface area contributed by atoms with E-state index in [0.29, 0.717) is 0 Å². The average molecular weight is 312 g/mol. The number of aliphatic hydroxyl groups excluding tert-OH is 3. The molecule has 122 valence electrons. The average Bonchev–Trinajstić information content (AvgIpc) is 2.52. The maximum Gasteiger partial charge on any atom is 0.335 e. The van der Waals surface area contributed by atoms with Crippen molar-refractivity contribution in [3.63, 3.8) is 0 Å². The third kappa shape index (κ3) is 3.63. The lowest BCUT2D eigenvalue weighted by Gasteiger charge is -2.38. The number of carboxylic acids is 1. The summed E-state index contributed by atoms with van der Waals surface area (Å²) in [4.78, 5) is 11.0. The van der Waals surface area contributed by atoms with Crippen LogP contribution in [-0.2, 0) is 14.3 Å². The fourth-order valence-corrected chi connectivity index (χ4v) is 2.31. The third-order valence-electron chi connectivity index (χ3n) is 3.69. The standard InChI is InChI=1S/C15H20O7/c1-8(9-5-3-2-4-6-9)7-21-15-12(18)10(16)11(17)13(22-15)14(19)20/h2-6,8,10-13,15-18H,7H2,1H3,(H,19,20)/t8?,10-,11-,12+,13-,15+/m0/s1. The van der Waals surface area contributed by atoms with Gasteiger partial charge in [-0.25, -0.2) is 4.79 Å². The van der Waals surface area contributed by atoms with Crippen LogP contribution in [-0.4, -0.2) is 63.7 Å². The Morgan fingerprint density at radius 1 is 1.18 bits per heavy atom. The van der Waals surface area contributed by atoms with Crippen LogP contribution in [0.15, 0.2) is 30.3 Å². The van der Waals surface area contributed by atoms with Crippen molar-refractivity contribution in [3.8, 4) is 0 Å². The smallest absolute Gasteiger partial charge is 0.335 e. The number of carboxylic acid groups (broad SMARTS) is 1. The minimum atomic E-state index is -1.71. The summed E-state index contributed by atoms with van der Waals surface area (Å²) in [5.41, 5.74) is 1.02. The summed E-state index contributed by atoms with van der Waals surface area (Å²) >= 11 is 0. The van der Waals surface area contributed by atoms with E-state index in [2.05, 4.69) is 0 Å². The van der Waals surface area contributed by atoms with Gasteiger partial charge in [-0.05, 0) is 5.56 Å². The van der Waals surface area contributed by atoms with E-state index < -0.39 is 36.7 Å². The Morgan fingerprint density at radius 2 is 1.82 bits per heavy atom. The first-order valence-electron chi connectivity index (χ1n) is 7.01. The molecule has 0 aromatic heterocycles. The van der Waals surface area contributed by atoms with E-state index in [1.54, 1.807) is 0 Å². The molecular formula is C15H20O7. The zero-order valence-corrected chi connectivity index (χ0v) is 12.1. The number of carbonyl (C=O) groups is 1. The number of aliphatic carboxylic acids is 1. The summed E-state index contributed by atoms with van der Waals surface area (Å²) in [6, 6.07) is 9.51. The molecule has 22 heavy (non-hydrogen) atoms. The molecule has 0 bridgehead atoms. The molecule has 1 heterocycles. The van der Waals surface area contributed by atoms with Gasteiger partial charge in [0, 0.05) is 5.92 Å². The van der Waals surface area contributed by atoms with Crippen molar-refractivity contribution in [2.24, 2.45) is 0 Å². The summed E-state index contributed by atoms with van der Waals surface area (Å²) in [6.07, 6.45) is -7.83. The lowest BCUT2D eigenvalue weighted by Crippen LogP contribution is -2.60. The van der Waals surface area contributed by atoms with Gasteiger partial charge < -0.3 is 29.9 Å². The van der Waals surface area contributed by atoms with E-state index in [9.17, 15) is 20.1 Å².